The molecule has 1 amide bonds. The zero-order chi connectivity index (χ0) is 49.4. The molecule has 68 heavy (non-hydrogen) atoms. The molecular weight excluding hydrogens is 911 g/mol. The van der Waals surface area contributed by atoms with Crippen molar-refractivity contribution in [2.75, 3.05) is 75.6 Å². The normalized spacial score (nSPS) is 17.6. The third kappa shape index (κ3) is 13.2. The van der Waals surface area contributed by atoms with Crippen LogP contribution in [0.5, 0.6) is 0 Å². The molecule has 3 heterocycles. The zero-order valence-electron chi connectivity index (χ0n) is 38.7. The number of nitrogens with one attached hydrogen (secondary N) is 1. The maximum atomic E-state index is 14.0. The molecule has 0 radical (unpaired) electrons. The van der Waals surface area contributed by atoms with Crippen molar-refractivity contribution < 1.29 is 49.4 Å². The first-order valence-electron chi connectivity index (χ1n) is 22.1. The fourth-order valence-electron chi connectivity index (χ4n) is 8.45. The number of nitrogens with zero attached hydrogens (tertiary/aromatic N) is 5. The molecular formula is C50H58F6N6O5S. The molecule has 0 unspecified atom stereocenters. The number of anilines is 2. The number of carbonyl (C=O) groups excluding carboxylic acids is 1. The second-order valence-electron chi connectivity index (χ2n) is 17.7. The van der Waals surface area contributed by atoms with Crippen LogP contribution in [0.3, 0.4) is 0 Å². The molecule has 11 nitrogen and oxygen atoms in total. The van der Waals surface area contributed by atoms with E-state index >= 15 is 0 Å². The maximum Gasteiger partial charge on any atom is 0.416 e. The van der Waals surface area contributed by atoms with Crippen molar-refractivity contribution >= 4 is 27.4 Å². The number of hydrogen-bond acceptors (Lipinski definition) is 9. The van der Waals surface area contributed by atoms with Gasteiger partial charge in [-0.25, -0.2) is 13.4 Å². The van der Waals surface area contributed by atoms with E-state index in [4.69, 9.17) is 4.74 Å². The Hall–Kier alpha value is -5.37. The van der Waals surface area contributed by atoms with Gasteiger partial charge in [-0.2, -0.15) is 30.6 Å². The molecule has 2 aliphatic heterocycles. The van der Waals surface area contributed by atoms with Crippen molar-refractivity contribution in [3.05, 3.63) is 149 Å². The van der Waals surface area contributed by atoms with Gasteiger partial charge in [-0.05, 0) is 72.9 Å². The van der Waals surface area contributed by atoms with Gasteiger partial charge in [0.1, 0.15) is 5.82 Å². The minimum Gasteiger partial charge on any atom is -0.395 e. The van der Waals surface area contributed by atoms with Crippen LogP contribution in [0.15, 0.2) is 115 Å². The highest BCUT2D eigenvalue weighted by molar-refractivity contribution is 7.88. The summed E-state index contributed by atoms with van der Waals surface area (Å²) in [4.78, 5) is 24.0. The fraction of sp³-hybridized carbons (Fsp3) is 0.400. The zero-order valence-corrected chi connectivity index (χ0v) is 39.5. The number of amides is 1. The van der Waals surface area contributed by atoms with Gasteiger partial charge in [0.2, 0.25) is 15.9 Å². The summed E-state index contributed by atoms with van der Waals surface area (Å²) < 4.78 is 113. The van der Waals surface area contributed by atoms with Crippen LogP contribution in [0, 0.1) is 6.92 Å². The largest absolute Gasteiger partial charge is 0.416 e. The Morgan fingerprint density at radius 2 is 1.40 bits per heavy atom. The summed E-state index contributed by atoms with van der Waals surface area (Å²) in [6.07, 6.45) is -7.72. The van der Waals surface area contributed by atoms with Crippen LogP contribution in [-0.2, 0) is 50.5 Å². The fourth-order valence-corrected chi connectivity index (χ4v) is 9.54. The van der Waals surface area contributed by atoms with Gasteiger partial charge in [-0.1, -0.05) is 84.9 Å². The van der Waals surface area contributed by atoms with E-state index in [1.54, 1.807) is 29.2 Å². The molecule has 1 aromatic heterocycles. The molecule has 2 fully saturated rings. The lowest BCUT2D eigenvalue weighted by Crippen LogP contribution is -2.56. The number of sulfonamides is 1. The number of pyridine rings is 1. The summed E-state index contributed by atoms with van der Waals surface area (Å²) in [7, 11) is -2.21. The first-order chi connectivity index (χ1) is 32.1. The molecule has 0 saturated carbocycles. The minimum atomic E-state index is -5.08. The Bertz CT molecular complexity index is 2550. The van der Waals surface area contributed by atoms with Gasteiger partial charge in [0.25, 0.3) is 0 Å². The number of halogens is 6. The highest BCUT2D eigenvalue weighted by Gasteiger charge is 2.42. The number of carbonyl (C=O) groups is 1. The number of hydrogen-bond donors (Lipinski definition) is 2. The second-order valence-corrected chi connectivity index (χ2v) is 19.6. The van der Waals surface area contributed by atoms with E-state index in [-0.39, 0.29) is 31.4 Å². The van der Waals surface area contributed by atoms with Crippen LogP contribution in [-0.4, -0.2) is 111 Å². The van der Waals surface area contributed by atoms with Gasteiger partial charge in [0, 0.05) is 64.5 Å². The van der Waals surface area contributed by atoms with Crippen molar-refractivity contribution in [3.63, 3.8) is 0 Å². The molecule has 2 saturated heterocycles. The van der Waals surface area contributed by atoms with E-state index < -0.39 is 63.0 Å². The minimum absolute atomic E-state index is 0.0176. The standard InChI is InChI=1S/C31H34F6N4O4S.C19H24N2O/c1-19-8-6-7-9-24(19)25-15-27(40-10-11-41(46(5,44)45)23(17-40)18-42)38-16-26(25)39(4)28(43)29(2,3)20-12-21(30(32,33)34)14-22(13-20)31(35,36)37;1-3-7-17(8-4-1)13-21-12-11-20-19(14-21)16-22-15-18-9-5-2-6-10-18/h6-9,12-16,23,42H,10-11,17-18H2,1-5H3;1-10,19-20H,11-16H2/t23-;19-/m10/s1. The molecule has 4 aromatic carbocycles. The summed E-state index contributed by atoms with van der Waals surface area (Å²) >= 11 is 0. The average molecular weight is 969 g/mol. The molecule has 2 N–H and O–H groups in total. The first kappa shape index (κ1) is 52.0. The Morgan fingerprint density at radius 1 is 0.809 bits per heavy atom. The molecule has 0 aliphatic carbocycles. The number of rotatable bonds is 13. The van der Waals surface area contributed by atoms with Crippen LogP contribution in [0.4, 0.5) is 37.8 Å². The molecule has 5 aromatic rings. The van der Waals surface area contributed by atoms with E-state index in [2.05, 4.69) is 69.8 Å². The highest BCUT2D eigenvalue weighted by Crippen LogP contribution is 2.41. The predicted octanol–water partition coefficient (Wildman–Crippen LogP) is 8.15. The van der Waals surface area contributed by atoms with Crippen LogP contribution in [0.2, 0.25) is 0 Å². The summed E-state index contributed by atoms with van der Waals surface area (Å²) in [5.41, 5.74) is -0.495. The highest BCUT2D eigenvalue weighted by atomic mass is 32.2. The number of piperazine rings is 2. The van der Waals surface area contributed by atoms with Crippen molar-refractivity contribution in [2.24, 2.45) is 0 Å². The van der Waals surface area contributed by atoms with Crippen LogP contribution in [0.1, 0.15) is 47.2 Å². The number of alkyl halides is 6. The number of likely N-dealkylation sites (N-methyl/N-ethyl adjacent to an activating group) is 1. The van der Waals surface area contributed by atoms with Crippen LogP contribution >= 0.6 is 0 Å². The van der Waals surface area contributed by atoms with Gasteiger partial charge in [0.05, 0.1) is 60.5 Å². The van der Waals surface area contributed by atoms with E-state index in [0.717, 1.165) is 49.5 Å². The third-order valence-electron chi connectivity index (χ3n) is 12.2. The summed E-state index contributed by atoms with van der Waals surface area (Å²) in [5, 5.41) is 13.5. The van der Waals surface area contributed by atoms with Crippen molar-refractivity contribution in [3.8, 4) is 11.1 Å². The first-order valence-corrected chi connectivity index (χ1v) is 24.0. The van der Waals surface area contributed by atoms with E-state index in [1.807, 2.05) is 19.1 Å². The van der Waals surface area contributed by atoms with Gasteiger partial charge >= 0.3 is 12.4 Å². The number of benzene rings is 4. The van der Waals surface area contributed by atoms with Crippen molar-refractivity contribution in [2.45, 2.75) is 63.8 Å². The SMILES string of the molecule is Cc1ccccc1-c1cc(N2CCN(S(C)(=O)=O)[C@@H](CO)C2)ncc1N(C)C(=O)C(C)(C)c1cc(C(F)(F)F)cc(C(F)(F)F)c1.c1ccc(COC[C@@H]2CN(Cc3ccccc3)CCN2)cc1. The summed E-state index contributed by atoms with van der Waals surface area (Å²) in [5.74, 6) is -0.368. The maximum absolute atomic E-state index is 14.0. The van der Waals surface area contributed by atoms with E-state index in [0.29, 0.717) is 41.7 Å². The van der Waals surface area contributed by atoms with Crippen LogP contribution in [0.25, 0.3) is 11.1 Å². The van der Waals surface area contributed by atoms with Gasteiger partial charge < -0.3 is 25.0 Å². The Morgan fingerprint density at radius 3 is 1.99 bits per heavy atom. The lowest BCUT2D eigenvalue weighted by atomic mass is 9.81. The third-order valence-corrected chi connectivity index (χ3v) is 13.6. The van der Waals surface area contributed by atoms with Crippen molar-refractivity contribution in [1.82, 2.24) is 19.5 Å². The van der Waals surface area contributed by atoms with Gasteiger partial charge in [-0.3, -0.25) is 9.69 Å². The summed E-state index contributed by atoms with van der Waals surface area (Å²) in [6.45, 7) is 10.1. The monoisotopic (exact) mass is 968 g/mol. The van der Waals surface area contributed by atoms with Crippen LogP contribution < -0.4 is 15.1 Å². The molecule has 0 bridgehead atoms. The number of aliphatic hydroxyl groups excluding tert-OH is 1. The lowest BCUT2D eigenvalue weighted by Gasteiger charge is -2.40. The Balaban J connectivity index is 0.000000287. The molecule has 366 valence electrons. The lowest BCUT2D eigenvalue weighted by molar-refractivity contribution is -0.143. The number of ether oxygens (including phenoxy) is 1. The number of aliphatic hydroxyl groups is 1. The quantitative estimate of drug-likeness (QED) is 0.113. The van der Waals surface area contributed by atoms with E-state index in [9.17, 15) is 44.7 Å². The molecule has 7 rings (SSSR count). The predicted molar refractivity (Wildman–Crippen MR) is 252 cm³/mol. The van der Waals surface area contributed by atoms with Gasteiger partial charge in [-0.15, -0.1) is 0 Å². The Labute approximate surface area is 394 Å². The topological polar surface area (TPSA) is 119 Å². The molecule has 2 atom stereocenters. The number of aryl methyl sites for hydroxylation is 1. The average Bonchev–Trinajstić information content (AvgIpc) is 3.31. The smallest absolute Gasteiger partial charge is 0.395 e. The second kappa shape index (κ2) is 21.9. The van der Waals surface area contributed by atoms with Crippen molar-refractivity contribution in [1.29, 1.82) is 0 Å². The van der Waals surface area contributed by atoms with Gasteiger partial charge in [0.15, 0.2) is 0 Å². The molecule has 0 spiro atoms. The van der Waals surface area contributed by atoms with E-state index in [1.165, 1.54) is 42.5 Å². The number of aromatic nitrogens is 1. The Kier molecular flexibility index (Phi) is 16.8. The summed E-state index contributed by atoms with van der Waals surface area (Å²) in [6, 6.07) is 30.7. The molecule has 2 aliphatic rings. The molecule has 18 heteroatoms.